The Morgan fingerprint density at radius 3 is 1.50 bits per heavy atom. The minimum Gasteiger partial charge on any atom is -0.248 e. The fourth-order valence-electron chi connectivity index (χ4n) is 2.57. The molecule has 0 saturated heterocycles. The highest BCUT2D eigenvalue weighted by atomic mass is 14.7. The van der Waals surface area contributed by atoms with E-state index in [2.05, 4.69) is 70.2 Å². The summed E-state index contributed by atoms with van der Waals surface area (Å²) < 4.78 is 0. The second-order valence-corrected chi connectivity index (χ2v) is 6.20. The zero-order chi connectivity index (χ0) is 14.3. The van der Waals surface area contributed by atoms with Gasteiger partial charge in [0.05, 0.1) is 11.0 Å². The topological polar surface area (TPSA) is 12.9 Å². The van der Waals surface area contributed by atoms with Gasteiger partial charge in [-0.3, -0.25) is 0 Å². The third-order valence-corrected chi connectivity index (χ3v) is 3.99. The van der Waals surface area contributed by atoms with Crippen molar-refractivity contribution in [3.63, 3.8) is 0 Å². The number of aromatic nitrogens is 1. The van der Waals surface area contributed by atoms with E-state index in [1.165, 1.54) is 21.9 Å². The Morgan fingerprint density at radius 1 is 0.650 bits per heavy atom. The van der Waals surface area contributed by atoms with Gasteiger partial charge in [-0.2, -0.15) is 0 Å². The first kappa shape index (κ1) is 13.1. The summed E-state index contributed by atoms with van der Waals surface area (Å²) in [5, 5.41) is 2.44. The van der Waals surface area contributed by atoms with Gasteiger partial charge in [0, 0.05) is 10.8 Å². The van der Waals surface area contributed by atoms with E-state index in [1.807, 2.05) is 0 Å². The van der Waals surface area contributed by atoms with Crippen molar-refractivity contribution in [2.24, 2.45) is 0 Å². The standard InChI is InChI=1S/C19H21N/c1-12(2)14-5-7-16-9-17-8-6-15(13(3)4)11-19(17)20-18(16)10-14/h5-13H,1-4H3. The van der Waals surface area contributed by atoms with Crippen LogP contribution in [0.4, 0.5) is 0 Å². The van der Waals surface area contributed by atoms with E-state index in [0.717, 1.165) is 11.0 Å². The van der Waals surface area contributed by atoms with Crippen molar-refractivity contribution in [2.45, 2.75) is 39.5 Å². The third-order valence-electron chi connectivity index (χ3n) is 3.99. The predicted octanol–water partition coefficient (Wildman–Crippen LogP) is 5.63. The van der Waals surface area contributed by atoms with Crippen LogP contribution in [0.2, 0.25) is 0 Å². The van der Waals surface area contributed by atoms with Crippen LogP contribution < -0.4 is 0 Å². The molecule has 3 rings (SSSR count). The lowest BCUT2D eigenvalue weighted by molar-refractivity contribution is 0.867. The molecule has 3 aromatic rings. The lowest BCUT2D eigenvalue weighted by atomic mass is 9.99. The van der Waals surface area contributed by atoms with Crippen molar-refractivity contribution in [3.8, 4) is 0 Å². The van der Waals surface area contributed by atoms with Crippen LogP contribution in [0, 0.1) is 0 Å². The fourth-order valence-corrected chi connectivity index (χ4v) is 2.57. The molecule has 0 N–H and O–H groups in total. The molecular weight excluding hydrogens is 242 g/mol. The van der Waals surface area contributed by atoms with E-state index in [9.17, 15) is 0 Å². The summed E-state index contributed by atoms with van der Waals surface area (Å²) in [6.07, 6.45) is 0. The summed E-state index contributed by atoms with van der Waals surface area (Å²) in [4.78, 5) is 4.86. The first-order valence-corrected chi connectivity index (χ1v) is 7.39. The van der Waals surface area contributed by atoms with Crippen LogP contribution in [0.15, 0.2) is 42.5 Å². The molecule has 0 aliphatic carbocycles. The zero-order valence-corrected chi connectivity index (χ0v) is 12.6. The molecule has 1 heteroatoms. The van der Waals surface area contributed by atoms with Crippen molar-refractivity contribution < 1.29 is 0 Å². The molecule has 0 unspecified atom stereocenters. The summed E-state index contributed by atoms with van der Waals surface area (Å²) in [7, 11) is 0. The predicted molar refractivity (Wildman–Crippen MR) is 87.4 cm³/mol. The molecule has 0 amide bonds. The summed E-state index contributed by atoms with van der Waals surface area (Å²) in [6, 6.07) is 15.5. The average molecular weight is 263 g/mol. The third kappa shape index (κ3) is 2.29. The van der Waals surface area contributed by atoms with Gasteiger partial charge in [0.2, 0.25) is 0 Å². The molecule has 0 aliphatic rings. The van der Waals surface area contributed by atoms with Gasteiger partial charge in [0.1, 0.15) is 0 Å². The Labute approximate surface area is 120 Å². The highest BCUT2D eigenvalue weighted by molar-refractivity contribution is 5.93. The van der Waals surface area contributed by atoms with Gasteiger partial charge in [-0.1, -0.05) is 52.0 Å². The smallest absolute Gasteiger partial charge is 0.0712 e. The average Bonchev–Trinajstić information content (AvgIpc) is 2.43. The minimum absolute atomic E-state index is 0.541. The maximum atomic E-state index is 4.86. The summed E-state index contributed by atoms with van der Waals surface area (Å²) in [6.45, 7) is 8.89. The zero-order valence-electron chi connectivity index (χ0n) is 12.6. The van der Waals surface area contributed by atoms with Crippen molar-refractivity contribution in [1.82, 2.24) is 4.98 Å². The first-order valence-electron chi connectivity index (χ1n) is 7.39. The monoisotopic (exact) mass is 263 g/mol. The van der Waals surface area contributed by atoms with Crippen LogP contribution in [-0.2, 0) is 0 Å². The van der Waals surface area contributed by atoms with Crippen LogP contribution in [0.5, 0.6) is 0 Å². The van der Waals surface area contributed by atoms with Crippen molar-refractivity contribution in [2.75, 3.05) is 0 Å². The van der Waals surface area contributed by atoms with Gasteiger partial charge in [0.15, 0.2) is 0 Å². The molecule has 0 saturated carbocycles. The van der Waals surface area contributed by atoms with Gasteiger partial charge < -0.3 is 0 Å². The number of hydrogen-bond donors (Lipinski definition) is 0. The number of benzene rings is 2. The largest absolute Gasteiger partial charge is 0.248 e. The van der Waals surface area contributed by atoms with Crippen LogP contribution in [0.25, 0.3) is 21.8 Å². The van der Waals surface area contributed by atoms with E-state index in [-0.39, 0.29) is 0 Å². The summed E-state index contributed by atoms with van der Waals surface area (Å²) in [5.74, 6) is 1.08. The number of nitrogens with zero attached hydrogens (tertiary/aromatic N) is 1. The number of hydrogen-bond acceptors (Lipinski definition) is 1. The Hall–Kier alpha value is -1.89. The maximum absolute atomic E-state index is 4.86. The molecule has 102 valence electrons. The Morgan fingerprint density at radius 2 is 1.10 bits per heavy atom. The normalized spacial score (nSPS) is 11.9. The lowest BCUT2D eigenvalue weighted by Crippen LogP contribution is -1.91. The molecule has 0 fully saturated rings. The highest BCUT2D eigenvalue weighted by Gasteiger charge is 2.06. The minimum atomic E-state index is 0.541. The van der Waals surface area contributed by atoms with Crippen LogP contribution >= 0.6 is 0 Å². The fraction of sp³-hybridized carbons (Fsp3) is 0.316. The van der Waals surface area contributed by atoms with E-state index >= 15 is 0 Å². The quantitative estimate of drug-likeness (QED) is 0.546. The molecular formula is C19H21N. The van der Waals surface area contributed by atoms with E-state index in [1.54, 1.807) is 0 Å². The lowest BCUT2D eigenvalue weighted by Gasteiger charge is -2.09. The molecule has 20 heavy (non-hydrogen) atoms. The molecule has 0 radical (unpaired) electrons. The van der Waals surface area contributed by atoms with Crippen LogP contribution in [0.1, 0.15) is 50.7 Å². The molecule has 2 aromatic carbocycles. The van der Waals surface area contributed by atoms with E-state index in [0.29, 0.717) is 11.8 Å². The number of pyridine rings is 1. The highest BCUT2D eigenvalue weighted by Crippen LogP contribution is 2.26. The van der Waals surface area contributed by atoms with Gasteiger partial charge in [-0.15, -0.1) is 0 Å². The molecule has 1 nitrogen and oxygen atoms in total. The molecule has 1 heterocycles. The first-order chi connectivity index (χ1) is 9.54. The summed E-state index contributed by atoms with van der Waals surface area (Å²) >= 11 is 0. The second-order valence-electron chi connectivity index (χ2n) is 6.20. The van der Waals surface area contributed by atoms with Gasteiger partial charge in [0.25, 0.3) is 0 Å². The van der Waals surface area contributed by atoms with Crippen molar-refractivity contribution in [3.05, 3.63) is 53.6 Å². The van der Waals surface area contributed by atoms with Crippen LogP contribution in [-0.4, -0.2) is 4.98 Å². The number of rotatable bonds is 2. The van der Waals surface area contributed by atoms with Crippen molar-refractivity contribution >= 4 is 21.8 Å². The van der Waals surface area contributed by atoms with Crippen LogP contribution in [0.3, 0.4) is 0 Å². The number of fused-ring (bicyclic) bond motifs is 2. The van der Waals surface area contributed by atoms with Gasteiger partial charge in [-0.05, 0) is 41.2 Å². The molecule has 0 spiro atoms. The Bertz CT molecular complexity index is 706. The summed E-state index contributed by atoms with van der Waals surface area (Å²) in [5.41, 5.74) is 4.91. The molecule has 0 aliphatic heterocycles. The molecule has 0 atom stereocenters. The molecule has 0 bridgehead atoms. The van der Waals surface area contributed by atoms with Gasteiger partial charge >= 0.3 is 0 Å². The Kier molecular flexibility index (Phi) is 3.21. The van der Waals surface area contributed by atoms with E-state index in [4.69, 9.17) is 4.98 Å². The van der Waals surface area contributed by atoms with E-state index < -0.39 is 0 Å². The SMILES string of the molecule is CC(C)c1ccc2cc3ccc(C(C)C)cc3nc2c1. The van der Waals surface area contributed by atoms with Gasteiger partial charge in [-0.25, -0.2) is 4.98 Å². The Balaban J connectivity index is 2.24. The van der Waals surface area contributed by atoms with Crippen molar-refractivity contribution in [1.29, 1.82) is 0 Å². The maximum Gasteiger partial charge on any atom is 0.0712 e. The molecule has 1 aromatic heterocycles. The second kappa shape index (κ2) is 4.90.